The van der Waals surface area contributed by atoms with Crippen molar-refractivity contribution in [3.63, 3.8) is 0 Å². The monoisotopic (exact) mass is 550 g/mol. The molecular weight excluding hydrogens is 522 g/mol. The molecule has 0 spiro atoms. The van der Waals surface area contributed by atoms with Crippen molar-refractivity contribution in [3.05, 3.63) is 45.8 Å². The number of halogens is 2. The molecular formula is C18H28Cl2HfSi2. The van der Waals surface area contributed by atoms with Crippen LogP contribution in [0.15, 0.2) is 33.7 Å². The van der Waals surface area contributed by atoms with Gasteiger partial charge in [0.15, 0.2) is 0 Å². The molecule has 0 amide bonds. The van der Waals surface area contributed by atoms with Crippen LogP contribution < -0.4 is 24.8 Å². The minimum absolute atomic E-state index is 0. The van der Waals surface area contributed by atoms with Gasteiger partial charge in [0, 0.05) is 0 Å². The average Bonchev–Trinajstić information content (AvgIpc) is 2.93. The van der Waals surface area contributed by atoms with Crippen LogP contribution in [0.3, 0.4) is 0 Å². The summed E-state index contributed by atoms with van der Waals surface area (Å²) >= 11 is 0. The first kappa shape index (κ1) is 26.1. The molecule has 0 heterocycles. The maximum absolute atomic E-state index is 3.60. The second-order valence-corrected chi connectivity index (χ2v) is 18.0. The van der Waals surface area contributed by atoms with E-state index < -0.39 is 16.1 Å². The molecule has 126 valence electrons. The third-order valence-electron chi connectivity index (χ3n) is 4.13. The summed E-state index contributed by atoms with van der Waals surface area (Å²) < 4.78 is 0. The minimum atomic E-state index is -1.19. The fourth-order valence-electron chi connectivity index (χ4n) is 3.20. The van der Waals surface area contributed by atoms with Crippen LogP contribution in [-0.2, 0) is 25.8 Å². The van der Waals surface area contributed by atoms with Gasteiger partial charge in [-0.25, -0.2) is 21.5 Å². The number of rotatable bonds is 5. The van der Waals surface area contributed by atoms with Gasteiger partial charge < -0.3 is 24.8 Å². The maximum Gasteiger partial charge on any atom is 4.00 e. The fourth-order valence-corrected chi connectivity index (χ4v) is 6.87. The normalized spacial score (nSPS) is 17.1. The smallest absolute Gasteiger partial charge is 1.00 e. The molecule has 0 aromatic carbocycles. The van der Waals surface area contributed by atoms with Crippen LogP contribution in [0.5, 0.6) is 0 Å². The second kappa shape index (κ2) is 10.1. The van der Waals surface area contributed by atoms with Crippen LogP contribution in [0.2, 0.25) is 39.3 Å². The van der Waals surface area contributed by atoms with Gasteiger partial charge in [-0.1, -0.05) is 52.1 Å². The Morgan fingerprint density at radius 1 is 0.739 bits per heavy atom. The van der Waals surface area contributed by atoms with E-state index in [4.69, 9.17) is 0 Å². The van der Waals surface area contributed by atoms with E-state index in [-0.39, 0.29) is 50.7 Å². The van der Waals surface area contributed by atoms with Gasteiger partial charge in [-0.05, 0) is 16.1 Å². The number of hydrogen-bond acceptors (Lipinski definition) is 0. The van der Waals surface area contributed by atoms with Crippen LogP contribution in [0.4, 0.5) is 0 Å². The summed E-state index contributed by atoms with van der Waals surface area (Å²) in [4.78, 5) is 0. The van der Waals surface area contributed by atoms with E-state index in [1.165, 1.54) is 24.0 Å². The molecule has 2 aliphatic rings. The van der Waals surface area contributed by atoms with E-state index in [1.807, 2.05) is 0 Å². The zero-order chi connectivity index (χ0) is 15.0. The first-order valence-electron chi connectivity index (χ1n) is 7.81. The molecule has 0 radical (unpaired) electrons. The molecule has 0 aromatic heterocycles. The quantitative estimate of drug-likeness (QED) is 0.325. The molecule has 5 heteroatoms. The first-order valence-corrected chi connectivity index (χ1v) is 14.8. The van der Waals surface area contributed by atoms with E-state index in [0.29, 0.717) is 0 Å². The predicted molar refractivity (Wildman–Crippen MR) is 94.8 cm³/mol. The molecule has 0 bridgehead atoms. The molecule has 0 aliphatic heterocycles. The third-order valence-corrected chi connectivity index (χ3v) is 8.38. The Hall–Kier alpha value is 0.844. The molecule has 0 aromatic rings. The van der Waals surface area contributed by atoms with Gasteiger partial charge in [0.05, 0.1) is 0 Å². The first-order chi connectivity index (χ1) is 9.19. The summed E-state index contributed by atoms with van der Waals surface area (Å²) in [5.74, 6) is 0. The second-order valence-electron chi connectivity index (χ2n) is 7.95. The molecule has 0 N–H and O–H groups in total. The molecule has 23 heavy (non-hydrogen) atoms. The molecule has 0 nitrogen and oxygen atoms in total. The zero-order valence-corrected chi connectivity index (χ0v) is 22.3. The van der Waals surface area contributed by atoms with Crippen LogP contribution in [0.1, 0.15) is 25.7 Å². The fraction of sp³-hybridized carbons (Fsp3) is 0.556. The van der Waals surface area contributed by atoms with Crippen LogP contribution in [0.25, 0.3) is 0 Å². The Labute approximate surface area is 176 Å². The van der Waals surface area contributed by atoms with E-state index >= 15 is 0 Å². The van der Waals surface area contributed by atoms with Gasteiger partial charge in [0.1, 0.15) is 0 Å². The molecule has 2 aliphatic carbocycles. The zero-order valence-electron chi connectivity index (χ0n) is 15.2. The van der Waals surface area contributed by atoms with Crippen molar-refractivity contribution in [3.8, 4) is 0 Å². The van der Waals surface area contributed by atoms with Gasteiger partial charge in [-0.3, -0.25) is 12.2 Å². The summed E-state index contributed by atoms with van der Waals surface area (Å²) in [6.45, 7) is 14.7. The molecule has 0 fully saturated rings. The van der Waals surface area contributed by atoms with E-state index in [9.17, 15) is 0 Å². The van der Waals surface area contributed by atoms with Gasteiger partial charge in [-0.15, -0.1) is 12.8 Å². The van der Waals surface area contributed by atoms with Crippen LogP contribution >= 0.6 is 0 Å². The maximum atomic E-state index is 3.60. The topological polar surface area (TPSA) is 0 Å². The van der Waals surface area contributed by atoms with Crippen molar-refractivity contribution < 1.29 is 50.7 Å². The number of allylic oxidation sites excluding steroid dienone is 8. The Morgan fingerprint density at radius 2 is 1.04 bits per heavy atom. The largest absolute Gasteiger partial charge is 4.00 e. The van der Waals surface area contributed by atoms with Crippen LogP contribution in [0, 0.1) is 12.2 Å². The van der Waals surface area contributed by atoms with E-state index in [2.05, 4.69) is 63.6 Å². The Kier molecular flexibility index (Phi) is 11.5. The predicted octanol–water partition coefficient (Wildman–Crippen LogP) is -0.354. The summed E-state index contributed by atoms with van der Waals surface area (Å²) in [6.07, 6.45) is 16.4. The van der Waals surface area contributed by atoms with Crippen molar-refractivity contribution in [1.82, 2.24) is 0 Å². The average molecular weight is 550 g/mol. The summed E-state index contributed by atoms with van der Waals surface area (Å²) in [6, 6.07) is 0. The van der Waals surface area contributed by atoms with Crippen molar-refractivity contribution in [2.45, 2.75) is 65.0 Å². The SMILES string of the molecule is C[Si](C)(C)C1=CC[C-]=C1CCC1=[C-]CC=C1[Si](C)(C)C.[Cl-].[Cl-].[Hf+4]. The molecule has 0 saturated carbocycles. The van der Waals surface area contributed by atoms with Crippen molar-refractivity contribution in [2.24, 2.45) is 0 Å². The van der Waals surface area contributed by atoms with E-state index in [1.54, 1.807) is 10.4 Å². The third kappa shape index (κ3) is 6.93. The Morgan fingerprint density at radius 3 is 1.30 bits per heavy atom. The standard InChI is InChI=1S/C18H28Si2.2ClH.Hf/c1-19(2,3)17-11-7-9-15(17)13-14-16-10-8-12-18(16)20(4,5)6;;;/h11-12H,7-8,13-14H2,1-6H3;2*1H;/q-2;;;+4/p-2. The Balaban J connectivity index is 0. The van der Waals surface area contributed by atoms with Crippen molar-refractivity contribution in [2.75, 3.05) is 0 Å². The minimum Gasteiger partial charge on any atom is -1.00 e. The summed E-state index contributed by atoms with van der Waals surface area (Å²) in [5.41, 5.74) is 3.03. The number of hydrogen-bond donors (Lipinski definition) is 0. The molecule has 0 unspecified atom stereocenters. The Bertz CT molecular complexity index is 470. The molecule has 2 rings (SSSR count). The van der Waals surface area contributed by atoms with Crippen molar-refractivity contribution >= 4 is 16.1 Å². The van der Waals surface area contributed by atoms with Gasteiger partial charge in [-0.2, -0.15) is 12.2 Å². The summed E-state index contributed by atoms with van der Waals surface area (Å²) in [5, 5.41) is 3.30. The molecule has 0 atom stereocenters. The van der Waals surface area contributed by atoms with Gasteiger partial charge in [0.25, 0.3) is 0 Å². The van der Waals surface area contributed by atoms with E-state index in [0.717, 1.165) is 12.8 Å². The van der Waals surface area contributed by atoms with Crippen molar-refractivity contribution in [1.29, 1.82) is 0 Å². The molecule has 0 saturated heterocycles. The van der Waals surface area contributed by atoms with Gasteiger partial charge >= 0.3 is 25.8 Å². The van der Waals surface area contributed by atoms with Crippen LogP contribution in [-0.4, -0.2) is 16.1 Å². The van der Waals surface area contributed by atoms with Gasteiger partial charge in [0.2, 0.25) is 0 Å². The summed E-state index contributed by atoms with van der Waals surface area (Å²) in [7, 11) is -2.38.